The van der Waals surface area contributed by atoms with Crippen molar-refractivity contribution in [2.75, 3.05) is 6.61 Å². The molecule has 0 aliphatic heterocycles. The van der Waals surface area contributed by atoms with Crippen LogP contribution >= 0.6 is 0 Å². The number of aliphatic carboxylic acids is 1. The Bertz CT molecular complexity index is 189. The molecule has 0 saturated heterocycles. The highest BCUT2D eigenvalue weighted by Crippen LogP contribution is 1.83. The van der Waals surface area contributed by atoms with Gasteiger partial charge < -0.3 is 5.11 Å². The molecule has 0 aromatic rings. The van der Waals surface area contributed by atoms with Crippen LogP contribution in [0.15, 0.2) is 0 Å². The van der Waals surface area contributed by atoms with Gasteiger partial charge in [-0.3, -0.25) is 4.55 Å². The summed E-state index contributed by atoms with van der Waals surface area (Å²) in [7, 11) is -4.60. The van der Waals surface area contributed by atoms with Crippen LogP contribution in [0.4, 0.5) is 0 Å². The number of carboxylic acids is 1. The van der Waals surface area contributed by atoms with Crippen molar-refractivity contribution in [3.63, 3.8) is 0 Å². The van der Waals surface area contributed by atoms with E-state index >= 15 is 0 Å². The van der Waals surface area contributed by atoms with Crippen LogP contribution in [0.25, 0.3) is 0 Å². The van der Waals surface area contributed by atoms with Gasteiger partial charge in [0.15, 0.2) is 6.61 Å². The molecule has 0 rings (SSSR count). The van der Waals surface area contributed by atoms with Gasteiger partial charge in [-0.2, -0.15) is 8.42 Å². The van der Waals surface area contributed by atoms with E-state index in [1.54, 1.807) is 0 Å². The Hall–Kier alpha value is -0.660. The first-order valence-corrected chi connectivity index (χ1v) is 3.12. The van der Waals surface area contributed by atoms with Crippen LogP contribution in [0.2, 0.25) is 0 Å². The Kier molecular flexibility index (Phi) is 2.56. The summed E-state index contributed by atoms with van der Waals surface area (Å²) in [4.78, 5) is 9.55. The van der Waals surface area contributed by atoms with E-state index < -0.39 is 23.0 Å². The number of hydrogen-bond donors (Lipinski definition) is 2. The van der Waals surface area contributed by atoms with Gasteiger partial charge in [0.2, 0.25) is 0 Å². The Balaban J connectivity index is 3.67. The molecule has 2 N–H and O–H groups in total. The van der Waals surface area contributed by atoms with E-state index in [1.807, 2.05) is 0 Å². The lowest BCUT2D eigenvalue weighted by atomic mass is 10.8. The number of rotatable bonds is 3. The Morgan fingerprint density at radius 1 is 1.56 bits per heavy atom. The summed E-state index contributed by atoms with van der Waals surface area (Å²) in [6.45, 7) is -1.06. The van der Waals surface area contributed by atoms with Gasteiger partial charge in [0, 0.05) is 0 Å². The van der Waals surface area contributed by atoms with Gasteiger partial charge in [0.05, 0.1) is 0 Å². The molecule has 54 valence electrons. The predicted molar refractivity (Wildman–Crippen MR) is 25.1 cm³/mol. The van der Waals surface area contributed by atoms with Crippen molar-refractivity contribution in [2.45, 2.75) is 0 Å². The average molecular weight is 156 g/mol. The maximum Gasteiger partial charge on any atom is 0.397 e. The molecule has 0 bridgehead atoms. The molecule has 0 fully saturated rings. The zero-order valence-corrected chi connectivity index (χ0v) is 4.96. The van der Waals surface area contributed by atoms with E-state index in [0.29, 0.717) is 0 Å². The van der Waals surface area contributed by atoms with Gasteiger partial charge in [0.1, 0.15) is 0 Å². The minimum atomic E-state index is -4.60. The van der Waals surface area contributed by atoms with E-state index in [9.17, 15) is 13.2 Å². The summed E-state index contributed by atoms with van der Waals surface area (Å²) >= 11 is 0. The van der Waals surface area contributed by atoms with E-state index in [2.05, 4.69) is 4.18 Å². The van der Waals surface area contributed by atoms with E-state index in [1.165, 1.54) is 0 Å². The second kappa shape index (κ2) is 2.76. The van der Waals surface area contributed by atoms with Crippen molar-refractivity contribution in [1.82, 2.24) is 0 Å². The third-order valence-corrected chi connectivity index (χ3v) is 0.747. The SMILES string of the molecule is O=C(O)COS(=O)(=O)O. The van der Waals surface area contributed by atoms with Crippen LogP contribution in [0.5, 0.6) is 0 Å². The van der Waals surface area contributed by atoms with Crippen molar-refractivity contribution < 1.29 is 27.1 Å². The van der Waals surface area contributed by atoms with Crippen LogP contribution in [0.1, 0.15) is 0 Å². The van der Waals surface area contributed by atoms with Crippen molar-refractivity contribution >= 4 is 16.4 Å². The normalized spacial score (nSPS) is 11.2. The van der Waals surface area contributed by atoms with E-state index in [4.69, 9.17) is 9.66 Å². The molecule has 0 atom stereocenters. The Morgan fingerprint density at radius 3 is 2.11 bits per heavy atom. The first kappa shape index (κ1) is 8.34. The predicted octanol–water partition coefficient (Wildman–Crippen LogP) is -1.11. The van der Waals surface area contributed by atoms with Crippen molar-refractivity contribution in [3.05, 3.63) is 0 Å². The molecule has 0 radical (unpaired) electrons. The minimum absolute atomic E-state index is 1.06. The zero-order chi connectivity index (χ0) is 7.49. The lowest BCUT2D eigenvalue weighted by molar-refractivity contribution is -0.139. The smallest absolute Gasteiger partial charge is 0.397 e. The van der Waals surface area contributed by atoms with Crippen LogP contribution < -0.4 is 0 Å². The van der Waals surface area contributed by atoms with Gasteiger partial charge in [-0.25, -0.2) is 8.98 Å². The molecular formula is C2H4O6S. The van der Waals surface area contributed by atoms with E-state index in [0.717, 1.165) is 0 Å². The zero-order valence-electron chi connectivity index (χ0n) is 4.14. The van der Waals surface area contributed by atoms with Crippen LogP contribution in [0, 0.1) is 0 Å². The van der Waals surface area contributed by atoms with Crippen LogP contribution in [-0.2, 0) is 19.4 Å². The molecule has 6 nitrogen and oxygen atoms in total. The highest BCUT2D eigenvalue weighted by molar-refractivity contribution is 7.80. The molecule has 0 aromatic carbocycles. The summed E-state index contributed by atoms with van der Waals surface area (Å²) in [6.07, 6.45) is 0. The van der Waals surface area contributed by atoms with E-state index in [-0.39, 0.29) is 0 Å². The molecule has 0 saturated carbocycles. The Morgan fingerprint density at radius 2 is 2.00 bits per heavy atom. The number of hydrogen-bond acceptors (Lipinski definition) is 4. The lowest BCUT2D eigenvalue weighted by Gasteiger charge is -1.91. The fourth-order valence-electron chi connectivity index (χ4n) is 0.125. The van der Waals surface area contributed by atoms with Gasteiger partial charge in [-0.05, 0) is 0 Å². The average Bonchev–Trinajstić information content (AvgIpc) is 1.59. The molecule has 7 heteroatoms. The third-order valence-electron chi connectivity index (χ3n) is 0.331. The lowest BCUT2D eigenvalue weighted by Crippen LogP contribution is -2.12. The largest absolute Gasteiger partial charge is 0.479 e. The molecule has 0 unspecified atom stereocenters. The van der Waals surface area contributed by atoms with Crippen LogP contribution in [-0.4, -0.2) is 30.7 Å². The summed E-state index contributed by atoms with van der Waals surface area (Å²) in [5, 5.41) is 7.78. The minimum Gasteiger partial charge on any atom is -0.479 e. The summed E-state index contributed by atoms with van der Waals surface area (Å²) in [5.41, 5.74) is 0. The quantitative estimate of drug-likeness (QED) is 0.502. The summed E-state index contributed by atoms with van der Waals surface area (Å²) in [6, 6.07) is 0. The topological polar surface area (TPSA) is 101 Å². The summed E-state index contributed by atoms with van der Waals surface area (Å²) < 4.78 is 30.4. The van der Waals surface area contributed by atoms with Gasteiger partial charge >= 0.3 is 16.4 Å². The second-order valence-electron chi connectivity index (χ2n) is 1.08. The van der Waals surface area contributed by atoms with Gasteiger partial charge in [-0.15, -0.1) is 0 Å². The van der Waals surface area contributed by atoms with Gasteiger partial charge in [-0.1, -0.05) is 0 Å². The molecule has 9 heavy (non-hydrogen) atoms. The third kappa shape index (κ3) is 7.34. The highest BCUT2D eigenvalue weighted by atomic mass is 32.3. The fraction of sp³-hybridized carbons (Fsp3) is 0.500. The highest BCUT2D eigenvalue weighted by Gasteiger charge is 2.06. The van der Waals surface area contributed by atoms with Crippen molar-refractivity contribution in [2.24, 2.45) is 0 Å². The molecule has 0 spiro atoms. The summed E-state index contributed by atoms with van der Waals surface area (Å²) in [5.74, 6) is -1.47. The maximum absolute atomic E-state index is 9.61. The fourth-order valence-corrected chi connectivity index (χ4v) is 0.375. The van der Waals surface area contributed by atoms with Crippen molar-refractivity contribution in [3.8, 4) is 0 Å². The molecule has 0 aliphatic rings. The number of carboxylic acid groups (broad SMARTS) is 1. The van der Waals surface area contributed by atoms with Crippen LogP contribution in [0.3, 0.4) is 0 Å². The molecule has 0 amide bonds. The first-order chi connectivity index (χ1) is 3.92. The van der Waals surface area contributed by atoms with Crippen molar-refractivity contribution in [1.29, 1.82) is 0 Å². The molecule has 0 aliphatic carbocycles. The standard InChI is InChI=1S/C2H4O6S/c3-2(4)1-8-9(5,6)7/h1H2,(H,3,4)(H,5,6,7). The maximum atomic E-state index is 9.61. The van der Waals surface area contributed by atoms with Gasteiger partial charge in [0.25, 0.3) is 0 Å². The molecular weight excluding hydrogens is 152 g/mol. The number of carbonyl (C=O) groups is 1. The monoisotopic (exact) mass is 156 g/mol. The Labute approximate surface area is 51.0 Å². The molecule has 0 aromatic heterocycles. The first-order valence-electron chi connectivity index (χ1n) is 1.75. The second-order valence-corrected chi connectivity index (χ2v) is 2.17. The molecule has 0 heterocycles.